The number of hydrazine groups is 1. The second kappa shape index (κ2) is 6.83. The second-order valence-electron chi connectivity index (χ2n) is 4.78. The number of ether oxygens (including phenoxy) is 1. The fourth-order valence-electron chi connectivity index (χ4n) is 1.09. The third-order valence-corrected chi connectivity index (χ3v) is 1.78. The van der Waals surface area contributed by atoms with E-state index in [-0.39, 0.29) is 25.3 Å². The molecule has 0 saturated carbocycles. The highest BCUT2D eigenvalue weighted by molar-refractivity contribution is 5.77. The number of nitrogens with one attached hydrogen (secondary N) is 1. The van der Waals surface area contributed by atoms with Gasteiger partial charge in [0.1, 0.15) is 5.60 Å². The number of aliphatic carboxylic acids is 1. The first-order valence-electron chi connectivity index (χ1n) is 5.61. The lowest BCUT2D eigenvalue weighted by Crippen LogP contribution is -2.47. The predicted octanol–water partition coefficient (Wildman–Crippen LogP) is 1.14. The summed E-state index contributed by atoms with van der Waals surface area (Å²) in [7, 11) is 0. The van der Waals surface area contributed by atoms with Gasteiger partial charge in [-0.2, -0.15) is 0 Å². The monoisotopic (exact) mass is 260 g/mol. The summed E-state index contributed by atoms with van der Waals surface area (Å²) in [4.78, 5) is 33.0. The van der Waals surface area contributed by atoms with E-state index >= 15 is 0 Å². The average molecular weight is 260 g/mol. The van der Waals surface area contributed by atoms with Gasteiger partial charge in [0.05, 0.1) is 0 Å². The zero-order valence-corrected chi connectivity index (χ0v) is 11.1. The highest BCUT2D eigenvalue weighted by Crippen LogP contribution is 2.06. The Morgan fingerprint density at radius 2 is 1.83 bits per heavy atom. The molecule has 0 heterocycles. The number of nitrogens with zero attached hydrogens (tertiary/aromatic N) is 1. The van der Waals surface area contributed by atoms with Crippen LogP contribution in [-0.4, -0.2) is 40.2 Å². The van der Waals surface area contributed by atoms with Crippen LogP contribution in [0.25, 0.3) is 0 Å². The Balaban J connectivity index is 4.23. The summed E-state index contributed by atoms with van der Waals surface area (Å²) in [5, 5.41) is 9.52. The van der Waals surface area contributed by atoms with Gasteiger partial charge in [0.25, 0.3) is 0 Å². The van der Waals surface area contributed by atoms with E-state index in [0.717, 1.165) is 5.01 Å². The van der Waals surface area contributed by atoms with E-state index in [1.165, 1.54) is 6.92 Å². The number of carbonyl (C=O) groups is 3. The van der Waals surface area contributed by atoms with E-state index in [9.17, 15) is 14.4 Å². The van der Waals surface area contributed by atoms with Crippen LogP contribution in [0.4, 0.5) is 4.79 Å². The summed E-state index contributed by atoms with van der Waals surface area (Å²) in [6.45, 7) is 6.51. The fourth-order valence-corrected chi connectivity index (χ4v) is 1.09. The molecule has 0 aliphatic heterocycles. The maximum atomic E-state index is 11.4. The van der Waals surface area contributed by atoms with Crippen molar-refractivity contribution in [2.24, 2.45) is 0 Å². The molecule has 2 amide bonds. The van der Waals surface area contributed by atoms with Gasteiger partial charge >= 0.3 is 12.1 Å². The lowest BCUT2D eigenvalue weighted by molar-refractivity contribution is -0.138. The first-order chi connectivity index (χ1) is 8.11. The van der Waals surface area contributed by atoms with Gasteiger partial charge < -0.3 is 9.84 Å². The van der Waals surface area contributed by atoms with Gasteiger partial charge in [-0.15, -0.1) is 0 Å². The highest BCUT2D eigenvalue weighted by Gasteiger charge is 2.19. The van der Waals surface area contributed by atoms with Gasteiger partial charge in [-0.1, -0.05) is 0 Å². The first kappa shape index (κ1) is 16.2. The molecule has 2 N–H and O–H groups in total. The van der Waals surface area contributed by atoms with E-state index in [2.05, 4.69) is 5.43 Å². The standard InChI is InChI=1S/C11H20N2O5/c1-8(14)13(7-5-6-9(15)16)12-10(17)18-11(2,3)4/h5-7H2,1-4H3,(H,12,17)(H,15,16). The number of carboxylic acids is 1. The molecule has 104 valence electrons. The van der Waals surface area contributed by atoms with E-state index in [0.29, 0.717) is 0 Å². The number of carbonyl (C=O) groups excluding carboxylic acids is 2. The molecule has 0 bridgehead atoms. The molecule has 0 aromatic carbocycles. The Morgan fingerprint density at radius 3 is 2.22 bits per heavy atom. The van der Waals surface area contributed by atoms with E-state index in [1.807, 2.05) is 0 Å². The van der Waals surface area contributed by atoms with E-state index in [1.54, 1.807) is 20.8 Å². The molecule has 0 aliphatic carbocycles. The molecular formula is C11H20N2O5. The quantitative estimate of drug-likeness (QED) is 0.739. The molecule has 0 spiro atoms. The summed E-state index contributed by atoms with van der Waals surface area (Å²) in [6.07, 6.45) is -0.558. The molecule has 0 fully saturated rings. The molecular weight excluding hydrogens is 240 g/mol. The van der Waals surface area contributed by atoms with Crippen molar-refractivity contribution in [3.8, 4) is 0 Å². The van der Waals surface area contributed by atoms with Crippen LogP contribution in [0, 0.1) is 0 Å². The molecule has 0 saturated heterocycles. The Kier molecular flexibility index (Phi) is 6.15. The minimum Gasteiger partial charge on any atom is -0.481 e. The summed E-state index contributed by atoms with van der Waals surface area (Å²) in [6, 6.07) is 0. The lowest BCUT2D eigenvalue weighted by atomic mass is 10.2. The highest BCUT2D eigenvalue weighted by atomic mass is 16.6. The van der Waals surface area contributed by atoms with Crippen molar-refractivity contribution in [3.05, 3.63) is 0 Å². The van der Waals surface area contributed by atoms with Crippen molar-refractivity contribution in [1.29, 1.82) is 0 Å². The van der Waals surface area contributed by atoms with Crippen molar-refractivity contribution < 1.29 is 24.2 Å². The molecule has 0 atom stereocenters. The zero-order valence-electron chi connectivity index (χ0n) is 11.1. The van der Waals surface area contributed by atoms with E-state index in [4.69, 9.17) is 9.84 Å². The molecule has 0 aromatic heterocycles. The summed E-state index contributed by atoms with van der Waals surface area (Å²) in [5.41, 5.74) is 1.62. The number of hydrogen-bond acceptors (Lipinski definition) is 4. The molecule has 0 rings (SSSR count). The fraction of sp³-hybridized carbons (Fsp3) is 0.727. The lowest BCUT2D eigenvalue weighted by Gasteiger charge is -2.25. The van der Waals surface area contributed by atoms with Crippen LogP contribution in [0.3, 0.4) is 0 Å². The van der Waals surface area contributed by atoms with Crippen LogP contribution in [0.1, 0.15) is 40.5 Å². The van der Waals surface area contributed by atoms with Gasteiger partial charge in [0, 0.05) is 19.9 Å². The molecule has 18 heavy (non-hydrogen) atoms. The molecule has 0 aromatic rings. The summed E-state index contributed by atoms with van der Waals surface area (Å²) >= 11 is 0. The number of amides is 2. The Hall–Kier alpha value is -1.79. The van der Waals surface area contributed by atoms with Gasteiger partial charge in [-0.05, 0) is 27.2 Å². The average Bonchev–Trinajstić information content (AvgIpc) is 2.12. The van der Waals surface area contributed by atoms with Crippen molar-refractivity contribution in [2.75, 3.05) is 6.54 Å². The Morgan fingerprint density at radius 1 is 1.28 bits per heavy atom. The topological polar surface area (TPSA) is 95.9 Å². The normalized spacial score (nSPS) is 10.7. The second-order valence-corrected chi connectivity index (χ2v) is 4.78. The smallest absolute Gasteiger partial charge is 0.426 e. The Labute approximate surface area is 106 Å². The van der Waals surface area contributed by atoms with Crippen LogP contribution < -0.4 is 5.43 Å². The Bertz CT molecular complexity index is 322. The molecule has 0 radical (unpaired) electrons. The van der Waals surface area contributed by atoms with Crippen molar-refractivity contribution in [1.82, 2.24) is 10.4 Å². The van der Waals surface area contributed by atoms with Crippen LogP contribution in [0.15, 0.2) is 0 Å². The van der Waals surface area contributed by atoms with Crippen LogP contribution in [0.2, 0.25) is 0 Å². The van der Waals surface area contributed by atoms with Crippen molar-refractivity contribution in [2.45, 2.75) is 46.1 Å². The zero-order chi connectivity index (χ0) is 14.3. The van der Waals surface area contributed by atoms with E-state index < -0.39 is 17.7 Å². The predicted molar refractivity (Wildman–Crippen MR) is 63.6 cm³/mol. The molecule has 0 aliphatic rings. The van der Waals surface area contributed by atoms with Crippen molar-refractivity contribution in [3.63, 3.8) is 0 Å². The summed E-state index contributed by atoms with van der Waals surface area (Å²) < 4.78 is 4.99. The van der Waals surface area contributed by atoms with Crippen LogP contribution in [0.5, 0.6) is 0 Å². The summed E-state index contributed by atoms with van der Waals surface area (Å²) in [5.74, 6) is -1.33. The van der Waals surface area contributed by atoms with Gasteiger partial charge in [0.2, 0.25) is 5.91 Å². The SMILES string of the molecule is CC(=O)N(CCCC(=O)O)NC(=O)OC(C)(C)C. The van der Waals surface area contributed by atoms with Gasteiger partial charge in [-0.25, -0.2) is 10.2 Å². The maximum Gasteiger partial charge on any atom is 0.426 e. The third-order valence-electron chi connectivity index (χ3n) is 1.78. The number of hydrogen-bond donors (Lipinski definition) is 2. The van der Waals surface area contributed by atoms with Crippen molar-refractivity contribution >= 4 is 18.0 Å². The minimum atomic E-state index is -0.948. The molecule has 7 heteroatoms. The largest absolute Gasteiger partial charge is 0.481 e. The first-order valence-corrected chi connectivity index (χ1v) is 5.61. The minimum absolute atomic E-state index is 0.0697. The maximum absolute atomic E-state index is 11.4. The van der Waals surface area contributed by atoms with Gasteiger partial charge in [-0.3, -0.25) is 14.6 Å². The van der Waals surface area contributed by atoms with Crippen LogP contribution >= 0.6 is 0 Å². The molecule has 0 unspecified atom stereocenters. The third kappa shape index (κ3) is 8.37. The van der Waals surface area contributed by atoms with Gasteiger partial charge in [0.15, 0.2) is 0 Å². The van der Waals surface area contributed by atoms with Crippen LogP contribution in [-0.2, 0) is 14.3 Å². The number of carboxylic acid groups (broad SMARTS) is 1. The molecule has 7 nitrogen and oxygen atoms in total. The number of rotatable bonds is 4.